The van der Waals surface area contributed by atoms with Crippen LogP contribution in [0.4, 0.5) is 11.4 Å². The minimum atomic E-state index is -0.113. The summed E-state index contributed by atoms with van der Waals surface area (Å²) in [6.45, 7) is 3.98. The number of aryl methyl sites for hydroxylation is 2. The molecule has 0 atom stereocenters. The van der Waals surface area contributed by atoms with Crippen molar-refractivity contribution in [2.45, 2.75) is 20.3 Å². The van der Waals surface area contributed by atoms with Crippen molar-refractivity contribution in [1.82, 2.24) is 0 Å². The molecule has 0 aliphatic rings. The highest BCUT2D eigenvalue weighted by Crippen LogP contribution is 2.19. The number of carbonyl (C=O) groups is 1. The molecule has 1 amide bonds. The molecule has 4 N–H and O–H groups in total. The van der Waals surface area contributed by atoms with Crippen LogP contribution in [0, 0.1) is 6.92 Å². The molecule has 2 rings (SSSR count). The zero-order valence-electron chi connectivity index (χ0n) is 11.7. The van der Waals surface area contributed by atoms with Gasteiger partial charge >= 0.3 is 0 Å². The molecule has 20 heavy (non-hydrogen) atoms. The van der Waals surface area contributed by atoms with Crippen LogP contribution in [0.2, 0.25) is 0 Å². The first-order valence-corrected chi connectivity index (χ1v) is 6.62. The maximum atomic E-state index is 12.3. The Morgan fingerprint density at radius 3 is 2.55 bits per heavy atom. The average molecular weight is 269 g/mol. The van der Waals surface area contributed by atoms with Gasteiger partial charge < -0.3 is 10.7 Å². The van der Waals surface area contributed by atoms with E-state index < -0.39 is 0 Å². The number of nitrogens with two attached hydrogens (primary N) is 1. The van der Waals surface area contributed by atoms with E-state index in [0.29, 0.717) is 5.56 Å². The Kier molecular flexibility index (Phi) is 4.38. The number of anilines is 2. The summed E-state index contributed by atoms with van der Waals surface area (Å²) in [5.41, 5.74) is 6.95. The summed E-state index contributed by atoms with van der Waals surface area (Å²) >= 11 is 0. The van der Waals surface area contributed by atoms with Crippen LogP contribution in [-0.2, 0) is 6.42 Å². The van der Waals surface area contributed by atoms with Gasteiger partial charge in [0, 0.05) is 11.3 Å². The highest BCUT2D eigenvalue weighted by atomic mass is 16.1. The minimum Gasteiger partial charge on any atom is -0.324 e. The Morgan fingerprint density at radius 2 is 1.90 bits per heavy atom. The van der Waals surface area contributed by atoms with Crippen LogP contribution in [0.15, 0.2) is 42.5 Å². The predicted octanol–water partition coefficient (Wildman–Crippen LogP) is 3.10. The Bertz CT molecular complexity index is 623. The van der Waals surface area contributed by atoms with Crippen molar-refractivity contribution in [3.8, 4) is 0 Å². The molecule has 0 aliphatic carbocycles. The molecule has 0 radical (unpaired) electrons. The monoisotopic (exact) mass is 269 g/mol. The summed E-state index contributed by atoms with van der Waals surface area (Å²) in [6.07, 6.45) is 0.880. The van der Waals surface area contributed by atoms with E-state index in [2.05, 4.69) is 17.7 Å². The van der Waals surface area contributed by atoms with Gasteiger partial charge in [-0.15, -0.1) is 0 Å². The van der Waals surface area contributed by atoms with Crippen LogP contribution in [0.5, 0.6) is 0 Å². The normalized spacial score (nSPS) is 10.2. The van der Waals surface area contributed by atoms with Crippen molar-refractivity contribution in [3.05, 3.63) is 59.2 Å². The number of amides is 1. The van der Waals surface area contributed by atoms with Crippen LogP contribution in [0.1, 0.15) is 28.4 Å². The highest BCUT2D eigenvalue weighted by molar-refractivity contribution is 6.05. The van der Waals surface area contributed by atoms with Crippen LogP contribution >= 0.6 is 0 Å². The van der Waals surface area contributed by atoms with Gasteiger partial charge in [-0.1, -0.05) is 25.1 Å². The molecule has 0 spiro atoms. The summed E-state index contributed by atoms with van der Waals surface area (Å²) in [6, 6.07) is 13.2. The van der Waals surface area contributed by atoms with Crippen LogP contribution in [0.25, 0.3) is 0 Å². The molecule has 2 aromatic rings. The van der Waals surface area contributed by atoms with Gasteiger partial charge in [0.15, 0.2) is 0 Å². The molecule has 2 aromatic carbocycles. The third-order valence-corrected chi connectivity index (χ3v) is 3.29. The maximum absolute atomic E-state index is 12.3. The van der Waals surface area contributed by atoms with E-state index in [1.54, 1.807) is 12.1 Å². The summed E-state index contributed by atoms with van der Waals surface area (Å²) in [5.74, 6) is 5.27. The van der Waals surface area contributed by atoms with E-state index in [-0.39, 0.29) is 5.91 Å². The van der Waals surface area contributed by atoms with Gasteiger partial charge in [-0.2, -0.15) is 0 Å². The molecule has 0 fully saturated rings. The molecule has 0 aliphatic heterocycles. The average Bonchev–Trinajstić information content (AvgIpc) is 2.47. The van der Waals surface area contributed by atoms with Crippen molar-refractivity contribution in [3.63, 3.8) is 0 Å². The molecular weight excluding hydrogens is 250 g/mol. The number of rotatable bonds is 4. The topological polar surface area (TPSA) is 67.2 Å². The first kappa shape index (κ1) is 14.1. The summed E-state index contributed by atoms with van der Waals surface area (Å²) in [7, 11) is 0. The number of benzene rings is 2. The second kappa shape index (κ2) is 6.21. The number of para-hydroxylation sites is 1. The van der Waals surface area contributed by atoms with Crippen LogP contribution in [-0.4, -0.2) is 5.91 Å². The number of hydrogen-bond donors (Lipinski definition) is 3. The molecule has 0 heterocycles. The first-order valence-electron chi connectivity index (χ1n) is 6.62. The van der Waals surface area contributed by atoms with Gasteiger partial charge in [-0.25, -0.2) is 0 Å². The number of hydrazine groups is 1. The van der Waals surface area contributed by atoms with E-state index in [1.165, 1.54) is 0 Å². The molecule has 0 saturated heterocycles. The van der Waals surface area contributed by atoms with Gasteiger partial charge in [0.05, 0.1) is 5.69 Å². The first-order chi connectivity index (χ1) is 9.65. The quantitative estimate of drug-likeness (QED) is 0.590. The fourth-order valence-electron chi connectivity index (χ4n) is 2.11. The zero-order valence-corrected chi connectivity index (χ0v) is 11.7. The van der Waals surface area contributed by atoms with E-state index in [1.807, 2.05) is 37.3 Å². The third-order valence-electron chi connectivity index (χ3n) is 3.29. The van der Waals surface area contributed by atoms with Crippen molar-refractivity contribution < 1.29 is 4.79 Å². The Balaban J connectivity index is 2.22. The number of nitrogen functional groups attached to an aromatic ring is 1. The number of nitrogens with one attached hydrogen (secondary N) is 2. The lowest BCUT2D eigenvalue weighted by molar-refractivity contribution is 0.102. The lowest BCUT2D eigenvalue weighted by Gasteiger charge is -2.11. The van der Waals surface area contributed by atoms with E-state index in [9.17, 15) is 4.79 Å². The Morgan fingerprint density at radius 1 is 1.15 bits per heavy atom. The van der Waals surface area contributed by atoms with Gasteiger partial charge in [-0.3, -0.25) is 10.6 Å². The van der Waals surface area contributed by atoms with Crippen LogP contribution in [0.3, 0.4) is 0 Å². The van der Waals surface area contributed by atoms with Crippen molar-refractivity contribution >= 4 is 17.3 Å². The third kappa shape index (κ3) is 2.97. The minimum absolute atomic E-state index is 0.113. The Hall–Kier alpha value is -2.33. The van der Waals surface area contributed by atoms with Crippen LogP contribution < -0.4 is 16.6 Å². The van der Waals surface area contributed by atoms with Gasteiger partial charge in [0.1, 0.15) is 0 Å². The second-order valence-corrected chi connectivity index (χ2v) is 4.64. The van der Waals surface area contributed by atoms with E-state index in [4.69, 9.17) is 5.84 Å². The van der Waals surface area contributed by atoms with Crippen molar-refractivity contribution in [2.24, 2.45) is 5.84 Å². The second-order valence-electron chi connectivity index (χ2n) is 4.64. The van der Waals surface area contributed by atoms with Crippen molar-refractivity contribution in [1.29, 1.82) is 0 Å². The molecule has 0 bridgehead atoms. The van der Waals surface area contributed by atoms with Gasteiger partial charge in [0.2, 0.25) is 0 Å². The van der Waals surface area contributed by atoms with Crippen molar-refractivity contribution in [2.75, 3.05) is 10.7 Å². The lowest BCUT2D eigenvalue weighted by atomic mass is 10.1. The summed E-state index contributed by atoms with van der Waals surface area (Å²) in [5, 5.41) is 2.95. The fourth-order valence-corrected chi connectivity index (χ4v) is 2.11. The molecule has 0 saturated carbocycles. The molecule has 0 aromatic heterocycles. The van der Waals surface area contributed by atoms with E-state index >= 15 is 0 Å². The zero-order chi connectivity index (χ0) is 14.5. The summed E-state index contributed by atoms with van der Waals surface area (Å²) < 4.78 is 0. The molecule has 4 nitrogen and oxygen atoms in total. The van der Waals surface area contributed by atoms with Gasteiger partial charge in [-0.05, 0) is 48.7 Å². The lowest BCUT2D eigenvalue weighted by Crippen LogP contribution is -2.14. The molecule has 0 unspecified atom stereocenters. The van der Waals surface area contributed by atoms with E-state index in [0.717, 1.165) is 28.9 Å². The number of carbonyl (C=O) groups excluding carboxylic acids is 1. The highest BCUT2D eigenvalue weighted by Gasteiger charge is 2.09. The summed E-state index contributed by atoms with van der Waals surface area (Å²) in [4.78, 5) is 12.3. The molecule has 4 heteroatoms. The van der Waals surface area contributed by atoms with Gasteiger partial charge in [0.25, 0.3) is 5.91 Å². The largest absolute Gasteiger partial charge is 0.324 e. The standard InChI is InChI=1S/C16H19N3O/c1-3-12-6-4-5-7-15(12)18-16(20)13-8-9-14(19-17)11(2)10-13/h4-10,19H,3,17H2,1-2H3,(H,18,20). The SMILES string of the molecule is CCc1ccccc1NC(=O)c1ccc(NN)c(C)c1. The Labute approximate surface area is 119 Å². The predicted molar refractivity (Wildman–Crippen MR) is 82.8 cm³/mol. The molecule has 104 valence electrons. The number of hydrogen-bond acceptors (Lipinski definition) is 3. The maximum Gasteiger partial charge on any atom is 0.255 e. The smallest absolute Gasteiger partial charge is 0.255 e. The fraction of sp³-hybridized carbons (Fsp3) is 0.188. The molecular formula is C16H19N3O.